The van der Waals surface area contributed by atoms with Gasteiger partial charge in [0.2, 0.25) is 0 Å². The van der Waals surface area contributed by atoms with Crippen molar-refractivity contribution >= 4 is 5.97 Å². The number of rotatable bonds is 5. The standard InChI is InChI=1S/C14H16N2O3/c1-2-19-14(18)8-13(17)11-9-15-16(10-11)12-6-4-3-5-7-12/h3-7,9-10,13,17H,2,8H2,1H3. The molecule has 1 atom stereocenters. The van der Waals surface area contributed by atoms with Crippen molar-refractivity contribution in [3.8, 4) is 5.69 Å². The first-order chi connectivity index (χ1) is 9.20. The number of ether oxygens (including phenoxy) is 1. The van der Waals surface area contributed by atoms with Crippen molar-refractivity contribution in [2.45, 2.75) is 19.4 Å². The smallest absolute Gasteiger partial charge is 0.308 e. The number of carbonyl (C=O) groups is 1. The highest BCUT2D eigenvalue weighted by molar-refractivity contribution is 5.70. The van der Waals surface area contributed by atoms with Crippen molar-refractivity contribution in [1.82, 2.24) is 9.78 Å². The Bertz CT molecular complexity index is 537. The molecule has 1 aromatic carbocycles. The Balaban J connectivity index is 2.07. The van der Waals surface area contributed by atoms with Gasteiger partial charge in [-0.05, 0) is 19.1 Å². The lowest BCUT2D eigenvalue weighted by Crippen LogP contribution is -2.09. The van der Waals surface area contributed by atoms with Crippen molar-refractivity contribution in [2.24, 2.45) is 0 Å². The Labute approximate surface area is 111 Å². The molecule has 0 aliphatic rings. The molecule has 100 valence electrons. The average molecular weight is 260 g/mol. The van der Waals surface area contributed by atoms with Crippen LogP contribution in [0.1, 0.15) is 25.0 Å². The van der Waals surface area contributed by atoms with Gasteiger partial charge in [-0.3, -0.25) is 4.79 Å². The largest absolute Gasteiger partial charge is 0.466 e. The van der Waals surface area contributed by atoms with Crippen molar-refractivity contribution in [1.29, 1.82) is 0 Å². The predicted octanol–water partition coefficient (Wildman–Crippen LogP) is 1.86. The minimum Gasteiger partial charge on any atom is -0.466 e. The van der Waals surface area contributed by atoms with Crippen LogP contribution in [-0.2, 0) is 9.53 Å². The minimum atomic E-state index is -0.892. The Morgan fingerprint density at radius 3 is 2.84 bits per heavy atom. The van der Waals surface area contributed by atoms with Crippen molar-refractivity contribution < 1.29 is 14.6 Å². The number of aliphatic hydroxyl groups is 1. The summed E-state index contributed by atoms with van der Waals surface area (Å²) in [5.41, 5.74) is 1.49. The molecule has 2 aromatic rings. The van der Waals surface area contributed by atoms with E-state index in [1.807, 2.05) is 30.3 Å². The van der Waals surface area contributed by atoms with Gasteiger partial charge in [-0.2, -0.15) is 5.10 Å². The van der Waals surface area contributed by atoms with E-state index < -0.39 is 12.1 Å². The first-order valence-electron chi connectivity index (χ1n) is 6.14. The normalized spacial score (nSPS) is 12.1. The quantitative estimate of drug-likeness (QED) is 0.833. The number of esters is 1. The summed E-state index contributed by atoms with van der Waals surface area (Å²) in [6.07, 6.45) is 2.31. The van der Waals surface area contributed by atoms with E-state index in [2.05, 4.69) is 5.10 Å². The van der Waals surface area contributed by atoms with Crippen LogP contribution in [0.2, 0.25) is 0 Å². The number of hydrogen-bond acceptors (Lipinski definition) is 4. The first kappa shape index (κ1) is 13.3. The van der Waals surface area contributed by atoms with Crippen molar-refractivity contribution in [3.63, 3.8) is 0 Å². The molecular formula is C14H16N2O3. The van der Waals surface area contributed by atoms with E-state index >= 15 is 0 Å². The first-order valence-corrected chi connectivity index (χ1v) is 6.14. The lowest BCUT2D eigenvalue weighted by Gasteiger charge is -2.07. The topological polar surface area (TPSA) is 64.3 Å². The van der Waals surface area contributed by atoms with Crippen LogP contribution in [0.25, 0.3) is 5.69 Å². The Morgan fingerprint density at radius 1 is 1.42 bits per heavy atom. The van der Waals surface area contributed by atoms with Crippen molar-refractivity contribution in [3.05, 3.63) is 48.3 Å². The van der Waals surface area contributed by atoms with Crippen LogP contribution < -0.4 is 0 Å². The van der Waals surface area contributed by atoms with Gasteiger partial charge in [-0.1, -0.05) is 18.2 Å². The molecule has 2 rings (SSSR count). The molecule has 0 radical (unpaired) electrons. The summed E-state index contributed by atoms with van der Waals surface area (Å²) >= 11 is 0. The second kappa shape index (κ2) is 6.15. The number of carbonyl (C=O) groups excluding carboxylic acids is 1. The summed E-state index contributed by atoms with van der Waals surface area (Å²) in [5.74, 6) is -0.414. The van der Waals surface area contributed by atoms with Crippen LogP contribution in [-0.4, -0.2) is 27.5 Å². The summed E-state index contributed by atoms with van der Waals surface area (Å²) < 4.78 is 6.46. The molecule has 1 heterocycles. The van der Waals surface area contributed by atoms with Gasteiger partial charge in [0.25, 0.3) is 0 Å². The van der Waals surface area contributed by atoms with Crippen LogP contribution in [0.3, 0.4) is 0 Å². The van der Waals surface area contributed by atoms with Crippen LogP contribution in [0.5, 0.6) is 0 Å². The maximum atomic E-state index is 11.3. The number of hydrogen-bond donors (Lipinski definition) is 1. The minimum absolute atomic E-state index is 0.0612. The van der Waals surface area contributed by atoms with Gasteiger partial charge in [0.15, 0.2) is 0 Å². The lowest BCUT2D eigenvalue weighted by atomic mass is 10.1. The maximum Gasteiger partial charge on any atom is 0.308 e. The maximum absolute atomic E-state index is 11.3. The van der Waals surface area contributed by atoms with E-state index in [1.54, 1.807) is 24.0 Å². The van der Waals surface area contributed by atoms with E-state index in [0.29, 0.717) is 12.2 Å². The number of para-hydroxylation sites is 1. The fourth-order valence-corrected chi connectivity index (χ4v) is 1.73. The summed E-state index contributed by atoms with van der Waals surface area (Å²) in [6, 6.07) is 9.56. The molecule has 0 saturated carbocycles. The highest BCUT2D eigenvalue weighted by atomic mass is 16.5. The third-order valence-corrected chi connectivity index (χ3v) is 2.67. The fourth-order valence-electron chi connectivity index (χ4n) is 1.73. The van der Waals surface area contributed by atoms with Gasteiger partial charge in [0.1, 0.15) is 0 Å². The SMILES string of the molecule is CCOC(=O)CC(O)c1cnn(-c2ccccc2)c1. The molecule has 0 bridgehead atoms. The fraction of sp³-hybridized carbons (Fsp3) is 0.286. The molecule has 0 aliphatic carbocycles. The summed E-state index contributed by atoms with van der Waals surface area (Å²) in [7, 11) is 0. The van der Waals surface area contributed by atoms with E-state index in [9.17, 15) is 9.90 Å². The Morgan fingerprint density at radius 2 is 2.16 bits per heavy atom. The highest BCUT2D eigenvalue weighted by Gasteiger charge is 2.15. The lowest BCUT2D eigenvalue weighted by molar-refractivity contribution is -0.145. The molecular weight excluding hydrogens is 244 g/mol. The van der Waals surface area contributed by atoms with Crippen LogP contribution in [0.15, 0.2) is 42.7 Å². The van der Waals surface area contributed by atoms with E-state index in [-0.39, 0.29) is 6.42 Å². The molecule has 19 heavy (non-hydrogen) atoms. The molecule has 0 saturated heterocycles. The number of benzene rings is 1. The van der Waals surface area contributed by atoms with E-state index in [4.69, 9.17) is 4.74 Å². The molecule has 1 unspecified atom stereocenters. The van der Waals surface area contributed by atoms with Gasteiger partial charge >= 0.3 is 5.97 Å². The van der Waals surface area contributed by atoms with E-state index in [1.165, 1.54) is 0 Å². The number of aliphatic hydroxyl groups excluding tert-OH is 1. The van der Waals surface area contributed by atoms with Gasteiger partial charge in [0.05, 0.1) is 31.0 Å². The molecule has 1 N–H and O–H groups in total. The molecule has 5 nitrogen and oxygen atoms in total. The second-order valence-corrected chi connectivity index (χ2v) is 4.08. The van der Waals surface area contributed by atoms with E-state index in [0.717, 1.165) is 5.69 Å². The Kier molecular flexibility index (Phi) is 4.30. The Hall–Kier alpha value is -2.14. The van der Waals surface area contributed by atoms with Gasteiger partial charge in [0, 0.05) is 11.8 Å². The second-order valence-electron chi connectivity index (χ2n) is 4.08. The average Bonchev–Trinajstić information content (AvgIpc) is 2.89. The van der Waals surface area contributed by atoms with Crippen LogP contribution in [0.4, 0.5) is 0 Å². The molecule has 0 amide bonds. The molecule has 5 heteroatoms. The third kappa shape index (κ3) is 3.42. The predicted molar refractivity (Wildman–Crippen MR) is 69.8 cm³/mol. The zero-order valence-corrected chi connectivity index (χ0v) is 10.7. The molecule has 0 spiro atoms. The zero-order chi connectivity index (χ0) is 13.7. The third-order valence-electron chi connectivity index (χ3n) is 2.67. The summed E-state index contributed by atoms with van der Waals surface area (Å²) in [6.45, 7) is 2.05. The highest BCUT2D eigenvalue weighted by Crippen LogP contribution is 2.18. The van der Waals surface area contributed by atoms with Crippen molar-refractivity contribution in [2.75, 3.05) is 6.61 Å². The summed E-state index contributed by atoms with van der Waals surface area (Å²) in [5, 5.41) is 14.1. The summed E-state index contributed by atoms with van der Waals surface area (Å²) in [4.78, 5) is 11.3. The van der Waals surface area contributed by atoms with Gasteiger partial charge < -0.3 is 9.84 Å². The van der Waals surface area contributed by atoms with Gasteiger partial charge in [-0.25, -0.2) is 4.68 Å². The number of aromatic nitrogens is 2. The molecule has 0 fully saturated rings. The molecule has 0 aliphatic heterocycles. The van der Waals surface area contributed by atoms with Crippen LogP contribution in [0, 0.1) is 0 Å². The number of nitrogens with zero attached hydrogens (tertiary/aromatic N) is 2. The zero-order valence-electron chi connectivity index (χ0n) is 10.7. The molecule has 1 aromatic heterocycles. The monoisotopic (exact) mass is 260 g/mol. The van der Waals surface area contributed by atoms with Gasteiger partial charge in [-0.15, -0.1) is 0 Å². The van der Waals surface area contributed by atoms with Crippen LogP contribution >= 0.6 is 0 Å².